The molecule has 1 aliphatic carbocycles. The molecule has 1 aromatic carbocycles. The zero-order chi connectivity index (χ0) is 14.8. The van der Waals surface area contributed by atoms with Crippen molar-refractivity contribution >= 4 is 33.4 Å². The standard InChI is InChI=1S/C15H18BrClFNO/c1-10-3-2-6-15(8-10,9-17)19-14(20)12-5-4-11(16)7-13(12)18/h4-5,7,10H,2-3,6,8-9H2,1H3,(H,19,20). The van der Waals surface area contributed by atoms with Gasteiger partial charge in [-0.1, -0.05) is 35.7 Å². The molecule has 1 saturated carbocycles. The zero-order valence-corrected chi connectivity index (χ0v) is 13.7. The highest BCUT2D eigenvalue weighted by atomic mass is 79.9. The van der Waals surface area contributed by atoms with E-state index < -0.39 is 11.4 Å². The van der Waals surface area contributed by atoms with Crippen molar-refractivity contribution in [1.82, 2.24) is 5.32 Å². The van der Waals surface area contributed by atoms with Gasteiger partial charge in [0.25, 0.3) is 5.91 Å². The Bertz CT molecular complexity index is 511. The SMILES string of the molecule is CC1CCCC(CCl)(NC(=O)c2ccc(Br)cc2F)C1. The summed E-state index contributed by atoms with van der Waals surface area (Å²) in [6.07, 6.45) is 3.89. The van der Waals surface area contributed by atoms with E-state index in [1.807, 2.05) is 0 Å². The summed E-state index contributed by atoms with van der Waals surface area (Å²) in [6.45, 7) is 2.16. The second kappa shape index (κ2) is 6.44. The number of benzene rings is 1. The molecule has 2 unspecified atom stereocenters. The van der Waals surface area contributed by atoms with E-state index in [0.717, 1.165) is 25.7 Å². The Morgan fingerprint density at radius 3 is 2.95 bits per heavy atom. The van der Waals surface area contributed by atoms with Crippen LogP contribution in [-0.4, -0.2) is 17.3 Å². The van der Waals surface area contributed by atoms with Gasteiger partial charge >= 0.3 is 0 Å². The molecule has 0 spiro atoms. The summed E-state index contributed by atoms with van der Waals surface area (Å²) in [5.74, 6) is -0.0194. The lowest BCUT2D eigenvalue weighted by molar-refractivity contribution is 0.0863. The fourth-order valence-electron chi connectivity index (χ4n) is 2.91. The van der Waals surface area contributed by atoms with Gasteiger partial charge in [0, 0.05) is 10.4 Å². The molecule has 1 aromatic rings. The predicted molar refractivity (Wildman–Crippen MR) is 82.6 cm³/mol. The highest BCUT2D eigenvalue weighted by Gasteiger charge is 2.36. The minimum atomic E-state index is -0.523. The molecule has 0 bridgehead atoms. The number of hydrogen-bond acceptors (Lipinski definition) is 1. The number of alkyl halides is 1. The molecular weight excluding hydrogens is 345 g/mol. The van der Waals surface area contributed by atoms with Crippen LogP contribution in [0.3, 0.4) is 0 Å². The Balaban J connectivity index is 2.16. The first kappa shape index (κ1) is 15.8. The first-order chi connectivity index (χ1) is 9.46. The highest BCUT2D eigenvalue weighted by Crippen LogP contribution is 2.33. The molecule has 20 heavy (non-hydrogen) atoms. The normalized spacial score (nSPS) is 26.3. The number of carbonyl (C=O) groups excluding carboxylic acids is 1. The zero-order valence-electron chi connectivity index (χ0n) is 11.4. The third-order valence-corrected chi connectivity index (χ3v) is 4.91. The van der Waals surface area contributed by atoms with Crippen molar-refractivity contribution in [2.45, 2.75) is 38.1 Å². The third kappa shape index (κ3) is 3.53. The number of halogens is 3. The van der Waals surface area contributed by atoms with Crippen molar-refractivity contribution in [2.24, 2.45) is 5.92 Å². The van der Waals surface area contributed by atoms with Crippen LogP contribution >= 0.6 is 27.5 Å². The fraction of sp³-hybridized carbons (Fsp3) is 0.533. The average molecular weight is 363 g/mol. The van der Waals surface area contributed by atoms with Gasteiger partial charge in [0.2, 0.25) is 0 Å². The van der Waals surface area contributed by atoms with Gasteiger partial charge in [0.15, 0.2) is 0 Å². The number of carbonyl (C=O) groups is 1. The fourth-order valence-corrected chi connectivity index (χ4v) is 3.55. The molecule has 0 radical (unpaired) electrons. The second-order valence-corrected chi connectivity index (χ2v) is 6.88. The lowest BCUT2D eigenvalue weighted by Crippen LogP contribution is -2.52. The van der Waals surface area contributed by atoms with Gasteiger partial charge in [0.1, 0.15) is 5.82 Å². The highest BCUT2D eigenvalue weighted by molar-refractivity contribution is 9.10. The molecule has 5 heteroatoms. The Labute approximate surface area is 132 Å². The molecule has 1 amide bonds. The molecule has 0 heterocycles. The van der Waals surface area contributed by atoms with Crippen molar-refractivity contribution in [3.63, 3.8) is 0 Å². The first-order valence-corrected chi connectivity index (χ1v) is 8.12. The molecule has 2 atom stereocenters. The lowest BCUT2D eigenvalue weighted by atomic mass is 9.77. The van der Waals surface area contributed by atoms with Crippen LogP contribution in [0.1, 0.15) is 43.0 Å². The van der Waals surface area contributed by atoms with E-state index in [1.54, 1.807) is 6.07 Å². The van der Waals surface area contributed by atoms with E-state index in [0.29, 0.717) is 16.3 Å². The van der Waals surface area contributed by atoms with Crippen LogP contribution in [0.15, 0.2) is 22.7 Å². The Kier molecular flexibility index (Phi) is 5.08. The molecular formula is C15H18BrClFNO. The molecule has 1 N–H and O–H groups in total. The Morgan fingerprint density at radius 1 is 1.60 bits per heavy atom. The van der Waals surface area contributed by atoms with Gasteiger partial charge in [-0.3, -0.25) is 4.79 Å². The van der Waals surface area contributed by atoms with Crippen molar-refractivity contribution in [3.8, 4) is 0 Å². The molecule has 0 aliphatic heterocycles. The van der Waals surface area contributed by atoms with Gasteiger partial charge in [-0.15, -0.1) is 11.6 Å². The van der Waals surface area contributed by atoms with E-state index in [4.69, 9.17) is 11.6 Å². The van der Waals surface area contributed by atoms with Gasteiger partial charge in [-0.05, 0) is 37.0 Å². The summed E-state index contributed by atoms with van der Waals surface area (Å²) in [5.41, 5.74) is -0.341. The van der Waals surface area contributed by atoms with Gasteiger partial charge in [-0.2, -0.15) is 0 Å². The van der Waals surface area contributed by atoms with E-state index >= 15 is 0 Å². The van der Waals surface area contributed by atoms with E-state index in [1.165, 1.54) is 12.1 Å². The van der Waals surface area contributed by atoms with Crippen LogP contribution in [0.4, 0.5) is 4.39 Å². The maximum Gasteiger partial charge on any atom is 0.254 e. The number of nitrogens with one attached hydrogen (secondary N) is 1. The quantitative estimate of drug-likeness (QED) is 0.788. The monoisotopic (exact) mass is 361 g/mol. The van der Waals surface area contributed by atoms with Crippen molar-refractivity contribution in [3.05, 3.63) is 34.1 Å². The molecule has 1 fully saturated rings. The van der Waals surface area contributed by atoms with E-state index in [2.05, 4.69) is 28.2 Å². The minimum absolute atomic E-state index is 0.0657. The van der Waals surface area contributed by atoms with Crippen LogP contribution in [0.5, 0.6) is 0 Å². The van der Waals surface area contributed by atoms with Crippen LogP contribution in [-0.2, 0) is 0 Å². The molecule has 2 rings (SSSR count). The van der Waals surface area contributed by atoms with Gasteiger partial charge in [-0.25, -0.2) is 4.39 Å². The van der Waals surface area contributed by atoms with Crippen LogP contribution in [0.2, 0.25) is 0 Å². The maximum atomic E-state index is 13.8. The number of amides is 1. The van der Waals surface area contributed by atoms with Gasteiger partial charge in [0.05, 0.1) is 11.1 Å². The number of hydrogen-bond donors (Lipinski definition) is 1. The molecule has 0 aromatic heterocycles. The first-order valence-electron chi connectivity index (χ1n) is 6.79. The largest absolute Gasteiger partial charge is 0.345 e. The summed E-state index contributed by atoms with van der Waals surface area (Å²) in [6, 6.07) is 4.45. The topological polar surface area (TPSA) is 29.1 Å². The molecule has 2 nitrogen and oxygen atoms in total. The average Bonchev–Trinajstić information content (AvgIpc) is 2.38. The third-order valence-electron chi connectivity index (χ3n) is 3.90. The molecule has 110 valence electrons. The number of rotatable bonds is 3. The summed E-state index contributed by atoms with van der Waals surface area (Å²) in [5, 5.41) is 2.96. The summed E-state index contributed by atoms with van der Waals surface area (Å²) in [7, 11) is 0. The Hall–Kier alpha value is -0.610. The smallest absolute Gasteiger partial charge is 0.254 e. The minimum Gasteiger partial charge on any atom is -0.345 e. The van der Waals surface area contributed by atoms with Gasteiger partial charge < -0.3 is 5.32 Å². The van der Waals surface area contributed by atoms with Crippen LogP contribution in [0.25, 0.3) is 0 Å². The predicted octanol–water partition coefficient (Wildman–Crippen LogP) is 4.51. The Morgan fingerprint density at radius 2 is 2.35 bits per heavy atom. The van der Waals surface area contributed by atoms with Crippen molar-refractivity contribution in [2.75, 3.05) is 5.88 Å². The molecule has 1 aliphatic rings. The molecule has 0 saturated heterocycles. The summed E-state index contributed by atoms with van der Waals surface area (Å²) < 4.78 is 14.5. The summed E-state index contributed by atoms with van der Waals surface area (Å²) in [4.78, 5) is 12.3. The maximum absolute atomic E-state index is 13.8. The van der Waals surface area contributed by atoms with E-state index in [-0.39, 0.29) is 11.5 Å². The van der Waals surface area contributed by atoms with Crippen molar-refractivity contribution < 1.29 is 9.18 Å². The lowest BCUT2D eigenvalue weighted by Gasteiger charge is -2.39. The van der Waals surface area contributed by atoms with E-state index in [9.17, 15) is 9.18 Å². The van der Waals surface area contributed by atoms with Crippen LogP contribution in [0, 0.1) is 11.7 Å². The van der Waals surface area contributed by atoms with Crippen molar-refractivity contribution in [1.29, 1.82) is 0 Å². The second-order valence-electron chi connectivity index (χ2n) is 5.69. The summed E-state index contributed by atoms with van der Waals surface area (Å²) >= 11 is 9.27. The van der Waals surface area contributed by atoms with Crippen LogP contribution < -0.4 is 5.32 Å².